The fourth-order valence-electron chi connectivity index (χ4n) is 2.29. The minimum absolute atomic E-state index is 0.629. The number of nitrogens with zero attached hydrogens (tertiary/aromatic N) is 2. The third-order valence-electron chi connectivity index (χ3n) is 3.56. The Kier molecular flexibility index (Phi) is 2.92. The molecule has 4 heteroatoms. The number of nitrogens with one attached hydrogen (secondary N) is 1. The predicted octanol–water partition coefficient (Wildman–Crippen LogP) is 4.18. The molecule has 1 aromatic heterocycles. The van der Waals surface area contributed by atoms with Gasteiger partial charge in [-0.2, -0.15) is 5.26 Å². The van der Waals surface area contributed by atoms with Gasteiger partial charge >= 0.3 is 0 Å². The summed E-state index contributed by atoms with van der Waals surface area (Å²) in [6.45, 7) is 4.17. The molecule has 0 amide bonds. The second kappa shape index (κ2) is 4.62. The molecular formula is C16H13N3S. The summed E-state index contributed by atoms with van der Waals surface area (Å²) >= 11 is 5.42. The predicted molar refractivity (Wildman–Crippen MR) is 82.6 cm³/mol. The van der Waals surface area contributed by atoms with Crippen molar-refractivity contribution < 1.29 is 0 Å². The summed E-state index contributed by atoms with van der Waals surface area (Å²) in [6.07, 6.45) is 0. The molecule has 0 unspecified atom stereocenters. The van der Waals surface area contributed by atoms with Crippen molar-refractivity contribution >= 4 is 23.3 Å². The molecule has 1 heterocycles. The first-order valence-electron chi connectivity index (χ1n) is 6.32. The first-order valence-corrected chi connectivity index (χ1v) is 6.73. The number of aryl methyl sites for hydroxylation is 2. The van der Waals surface area contributed by atoms with Gasteiger partial charge in [-0.3, -0.25) is 4.57 Å². The van der Waals surface area contributed by atoms with Crippen LogP contribution in [0.4, 0.5) is 0 Å². The Labute approximate surface area is 122 Å². The maximum Gasteiger partial charge on any atom is 0.182 e. The molecule has 2 aromatic carbocycles. The number of hydrogen-bond donors (Lipinski definition) is 1. The van der Waals surface area contributed by atoms with Crippen molar-refractivity contribution in [3.05, 3.63) is 57.9 Å². The Morgan fingerprint density at radius 3 is 2.60 bits per heavy atom. The van der Waals surface area contributed by atoms with E-state index in [1.807, 2.05) is 22.8 Å². The monoisotopic (exact) mass is 279 g/mol. The number of fused-ring (bicyclic) bond motifs is 1. The summed E-state index contributed by atoms with van der Waals surface area (Å²) in [5.41, 5.74) is 5.97. The molecule has 0 aliphatic heterocycles. The zero-order valence-corrected chi connectivity index (χ0v) is 12.1. The molecule has 20 heavy (non-hydrogen) atoms. The number of benzene rings is 2. The molecule has 0 radical (unpaired) electrons. The molecule has 3 aromatic rings. The Balaban J connectivity index is 2.35. The van der Waals surface area contributed by atoms with Crippen LogP contribution in [-0.2, 0) is 0 Å². The average Bonchev–Trinajstić information content (AvgIpc) is 2.77. The molecule has 0 aliphatic carbocycles. The van der Waals surface area contributed by atoms with E-state index >= 15 is 0 Å². The summed E-state index contributed by atoms with van der Waals surface area (Å²) in [4.78, 5) is 3.18. The van der Waals surface area contributed by atoms with Gasteiger partial charge in [0.15, 0.2) is 4.77 Å². The van der Waals surface area contributed by atoms with Crippen molar-refractivity contribution in [3.8, 4) is 11.8 Å². The van der Waals surface area contributed by atoms with E-state index in [1.165, 1.54) is 11.1 Å². The van der Waals surface area contributed by atoms with Gasteiger partial charge in [0.2, 0.25) is 0 Å². The Bertz CT molecular complexity index is 910. The van der Waals surface area contributed by atoms with Crippen molar-refractivity contribution in [2.45, 2.75) is 13.8 Å². The highest BCUT2D eigenvalue weighted by molar-refractivity contribution is 7.71. The van der Waals surface area contributed by atoms with Crippen LogP contribution in [0, 0.1) is 29.9 Å². The van der Waals surface area contributed by atoms with E-state index in [9.17, 15) is 0 Å². The molecule has 0 bridgehead atoms. The summed E-state index contributed by atoms with van der Waals surface area (Å²) < 4.78 is 2.61. The molecule has 0 atom stereocenters. The zero-order chi connectivity index (χ0) is 14.3. The number of H-pyrrole nitrogens is 1. The van der Waals surface area contributed by atoms with Gasteiger partial charge in [0.05, 0.1) is 22.7 Å². The summed E-state index contributed by atoms with van der Waals surface area (Å²) in [7, 11) is 0. The molecule has 98 valence electrons. The second-order valence-electron chi connectivity index (χ2n) is 4.88. The standard InChI is InChI=1S/C16H13N3S/c1-10-3-5-13(7-11(10)2)19-15-8-12(9-17)4-6-14(15)18-16(19)20/h3-8H,1-2H3,(H,18,20). The highest BCUT2D eigenvalue weighted by atomic mass is 32.1. The third-order valence-corrected chi connectivity index (χ3v) is 3.85. The lowest BCUT2D eigenvalue weighted by molar-refractivity contribution is 1.06. The van der Waals surface area contributed by atoms with Crippen LogP contribution in [0.15, 0.2) is 36.4 Å². The van der Waals surface area contributed by atoms with Crippen LogP contribution < -0.4 is 0 Å². The zero-order valence-electron chi connectivity index (χ0n) is 11.3. The number of rotatable bonds is 1. The fourth-order valence-corrected chi connectivity index (χ4v) is 2.61. The summed E-state index contributed by atoms with van der Waals surface area (Å²) in [6, 6.07) is 13.9. The van der Waals surface area contributed by atoms with Gasteiger partial charge in [-0.25, -0.2) is 0 Å². The number of aromatic amines is 1. The molecule has 1 N–H and O–H groups in total. The number of imidazole rings is 1. The topological polar surface area (TPSA) is 44.5 Å². The van der Waals surface area contributed by atoms with Gasteiger partial charge < -0.3 is 4.98 Å². The molecule has 0 saturated carbocycles. The van der Waals surface area contributed by atoms with Crippen LogP contribution >= 0.6 is 12.2 Å². The lowest BCUT2D eigenvalue weighted by atomic mass is 10.1. The van der Waals surface area contributed by atoms with Crippen LogP contribution in [0.5, 0.6) is 0 Å². The van der Waals surface area contributed by atoms with E-state index in [0.717, 1.165) is 16.7 Å². The van der Waals surface area contributed by atoms with Gasteiger partial charge in [-0.15, -0.1) is 0 Å². The van der Waals surface area contributed by atoms with Gasteiger partial charge in [-0.05, 0) is 67.5 Å². The minimum atomic E-state index is 0.629. The number of aromatic nitrogens is 2. The van der Waals surface area contributed by atoms with Crippen LogP contribution in [0.3, 0.4) is 0 Å². The molecule has 0 spiro atoms. The summed E-state index contributed by atoms with van der Waals surface area (Å²) in [5, 5.41) is 9.05. The molecule has 0 fully saturated rings. The van der Waals surface area contributed by atoms with E-state index in [-0.39, 0.29) is 0 Å². The quantitative estimate of drug-likeness (QED) is 0.679. The number of nitriles is 1. The van der Waals surface area contributed by atoms with Crippen molar-refractivity contribution in [1.29, 1.82) is 5.26 Å². The lowest BCUT2D eigenvalue weighted by Crippen LogP contribution is -1.95. The molecular weight excluding hydrogens is 266 g/mol. The first kappa shape index (κ1) is 12.6. The van der Waals surface area contributed by atoms with Crippen molar-refractivity contribution in [3.63, 3.8) is 0 Å². The smallest absolute Gasteiger partial charge is 0.182 e. The SMILES string of the molecule is Cc1ccc(-n2c(=S)[nH]c3ccc(C#N)cc32)cc1C. The van der Waals surface area contributed by atoms with E-state index in [2.05, 4.69) is 37.0 Å². The Morgan fingerprint density at radius 1 is 1.10 bits per heavy atom. The fraction of sp³-hybridized carbons (Fsp3) is 0.125. The Hall–Kier alpha value is -2.38. The van der Waals surface area contributed by atoms with Gasteiger partial charge in [0.1, 0.15) is 0 Å². The van der Waals surface area contributed by atoms with Gasteiger partial charge in [-0.1, -0.05) is 6.07 Å². The lowest BCUT2D eigenvalue weighted by Gasteiger charge is -2.07. The maximum atomic E-state index is 9.05. The van der Waals surface area contributed by atoms with Crippen molar-refractivity contribution in [2.24, 2.45) is 0 Å². The van der Waals surface area contributed by atoms with Gasteiger partial charge in [0, 0.05) is 5.69 Å². The highest BCUT2D eigenvalue weighted by Crippen LogP contribution is 2.22. The highest BCUT2D eigenvalue weighted by Gasteiger charge is 2.08. The first-order chi connectivity index (χ1) is 9.60. The molecule has 3 rings (SSSR count). The Morgan fingerprint density at radius 2 is 1.90 bits per heavy atom. The normalized spacial score (nSPS) is 10.7. The van der Waals surface area contributed by atoms with E-state index in [4.69, 9.17) is 17.5 Å². The van der Waals surface area contributed by atoms with Crippen LogP contribution in [-0.4, -0.2) is 9.55 Å². The van der Waals surface area contributed by atoms with Crippen LogP contribution in [0.2, 0.25) is 0 Å². The van der Waals surface area contributed by atoms with E-state index in [1.54, 1.807) is 6.07 Å². The van der Waals surface area contributed by atoms with Crippen molar-refractivity contribution in [2.75, 3.05) is 0 Å². The van der Waals surface area contributed by atoms with Crippen LogP contribution in [0.25, 0.3) is 16.7 Å². The van der Waals surface area contributed by atoms with Gasteiger partial charge in [0.25, 0.3) is 0 Å². The van der Waals surface area contributed by atoms with Crippen molar-refractivity contribution in [1.82, 2.24) is 9.55 Å². The van der Waals surface area contributed by atoms with Crippen LogP contribution in [0.1, 0.15) is 16.7 Å². The minimum Gasteiger partial charge on any atom is -0.330 e. The number of hydrogen-bond acceptors (Lipinski definition) is 2. The largest absolute Gasteiger partial charge is 0.330 e. The molecule has 3 nitrogen and oxygen atoms in total. The summed E-state index contributed by atoms with van der Waals surface area (Å²) in [5.74, 6) is 0. The van der Waals surface area contributed by atoms with E-state index < -0.39 is 0 Å². The second-order valence-corrected chi connectivity index (χ2v) is 5.26. The molecule has 0 aliphatic rings. The van der Waals surface area contributed by atoms with E-state index in [0.29, 0.717) is 10.3 Å². The third kappa shape index (κ3) is 1.93. The molecule has 0 saturated heterocycles. The maximum absolute atomic E-state index is 9.05. The average molecular weight is 279 g/mol.